The maximum Gasteiger partial charge on any atom is 0.251 e. The molecule has 150 valence electrons. The molecule has 0 saturated carbocycles. The Morgan fingerprint density at radius 1 is 1.21 bits per heavy atom. The average molecular weight is 389 g/mol. The molecule has 2 heterocycles. The molecule has 1 saturated heterocycles. The molecular formula is C25H28N2O2. The molecular weight excluding hydrogens is 360 g/mol. The molecule has 0 bridgehead atoms. The van der Waals surface area contributed by atoms with E-state index in [2.05, 4.69) is 66.1 Å². The Morgan fingerprint density at radius 2 is 2.10 bits per heavy atom. The highest BCUT2D eigenvalue weighted by molar-refractivity contribution is 5.95. The molecule has 3 aliphatic rings. The van der Waals surface area contributed by atoms with Gasteiger partial charge in [0.05, 0.1) is 12.1 Å². The van der Waals surface area contributed by atoms with Gasteiger partial charge in [-0.25, -0.2) is 0 Å². The third-order valence-corrected chi connectivity index (χ3v) is 6.66. The summed E-state index contributed by atoms with van der Waals surface area (Å²) in [5, 5.41) is 6.82. The van der Waals surface area contributed by atoms with Crippen molar-refractivity contribution in [3.05, 3.63) is 76.9 Å². The van der Waals surface area contributed by atoms with Crippen LogP contribution in [0.4, 0.5) is 5.69 Å². The summed E-state index contributed by atoms with van der Waals surface area (Å²) in [5.74, 6) is 0.818. The van der Waals surface area contributed by atoms with Crippen LogP contribution in [0.1, 0.15) is 58.3 Å². The highest BCUT2D eigenvalue weighted by Gasteiger charge is 2.38. The van der Waals surface area contributed by atoms with Crippen molar-refractivity contribution in [3.8, 4) is 0 Å². The quantitative estimate of drug-likeness (QED) is 0.745. The summed E-state index contributed by atoms with van der Waals surface area (Å²) < 4.78 is 5.62. The van der Waals surface area contributed by atoms with E-state index in [-0.39, 0.29) is 12.0 Å². The van der Waals surface area contributed by atoms with Gasteiger partial charge in [-0.2, -0.15) is 0 Å². The van der Waals surface area contributed by atoms with Gasteiger partial charge in [-0.15, -0.1) is 0 Å². The standard InChI is InChI=1S/C25H28N2O2/c1-16-6-2-3-8-19(16)24-21-10-4-9-20(21)22-14-17(11-12-23(22)27-24)25(28)26-15-18-7-5-13-29-18/h2-4,6,8-9,11-12,14,18,20-21,24,27H,5,7,10,13,15H2,1H3,(H,26,28). The van der Waals surface area contributed by atoms with E-state index in [4.69, 9.17) is 4.74 Å². The van der Waals surface area contributed by atoms with Crippen molar-refractivity contribution in [1.82, 2.24) is 5.32 Å². The largest absolute Gasteiger partial charge is 0.378 e. The van der Waals surface area contributed by atoms with E-state index in [0.29, 0.717) is 24.4 Å². The number of carbonyl (C=O) groups is 1. The number of fused-ring (bicyclic) bond motifs is 3. The predicted octanol–water partition coefficient (Wildman–Crippen LogP) is 4.73. The minimum Gasteiger partial charge on any atom is -0.378 e. The lowest BCUT2D eigenvalue weighted by Crippen LogP contribution is -2.32. The molecule has 4 unspecified atom stereocenters. The topological polar surface area (TPSA) is 50.4 Å². The van der Waals surface area contributed by atoms with Crippen molar-refractivity contribution in [1.29, 1.82) is 0 Å². The second kappa shape index (κ2) is 7.68. The van der Waals surface area contributed by atoms with Gasteiger partial charge in [-0.3, -0.25) is 4.79 Å². The van der Waals surface area contributed by atoms with E-state index in [0.717, 1.165) is 37.1 Å². The highest BCUT2D eigenvalue weighted by Crippen LogP contribution is 2.50. The number of amides is 1. The molecule has 2 N–H and O–H groups in total. The first-order valence-corrected chi connectivity index (χ1v) is 10.7. The summed E-state index contributed by atoms with van der Waals surface area (Å²) in [6, 6.07) is 15.0. The number of aryl methyl sites for hydroxylation is 1. The van der Waals surface area contributed by atoms with Crippen molar-refractivity contribution >= 4 is 11.6 Å². The fourth-order valence-corrected chi connectivity index (χ4v) is 5.09. The van der Waals surface area contributed by atoms with Gasteiger partial charge < -0.3 is 15.4 Å². The van der Waals surface area contributed by atoms with Crippen molar-refractivity contribution in [2.75, 3.05) is 18.5 Å². The molecule has 1 amide bonds. The van der Waals surface area contributed by atoms with Crippen LogP contribution in [0, 0.1) is 12.8 Å². The Kier molecular flexibility index (Phi) is 4.88. The van der Waals surface area contributed by atoms with Crippen LogP contribution in [0.15, 0.2) is 54.6 Å². The van der Waals surface area contributed by atoms with Crippen molar-refractivity contribution in [2.45, 2.75) is 44.2 Å². The number of nitrogens with one attached hydrogen (secondary N) is 2. The van der Waals surface area contributed by atoms with E-state index in [1.165, 1.54) is 16.7 Å². The van der Waals surface area contributed by atoms with E-state index >= 15 is 0 Å². The first-order valence-electron chi connectivity index (χ1n) is 10.7. The molecule has 1 fully saturated rings. The lowest BCUT2D eigenvalue weighted by molar-refractivity contribution is 0.0857. The van der Waals surface area contributed by atoms with Crippen molar-refractivity contribution in [2.24, 2.45) is 5.92 Å². The van der Waals surface area contributed by atoms with Crippen LogP contribution >= 0.6 is 0 Å². The van der Waals surface area contributed by atoms with E-state index in [1.54, 1.807) is 0 Å². The third-order valence-electron chi connectivity index (χ3n) is 6.66. The lowest BCUT2D eigenvalue weighted by Gasteiger charge is -2.38. The first-order chi connectivity index (χ1) is 14.2. The number of allylic oxidation sites excluding steroid dienone is 2. The van der Waals surface area contributed by atoms with Crippen LogP contribution in [-0.4, -0.2) is 25.2 Å². The van der Waals surface area contributed by atoms with E-state index in [9.17, 15) is 4.79 Å². The molecule has 4 heteroatoms. The van der Waals surface area contributed by atoms with Gasteiger partial charge in [0.15, 0.2) is 0 Å². The predicted molar refractivity (Wildman–Crippen MR) is 115 cm³/mol. The van der Waals surface area contributed by atoms with Crippen LogP contribution in [0.5, 0.6) is 0 Å². The molecule has 5 rings (SSSR count). The zero-order valence-corrected chi connectivity index (χ0v) is 16.9. The van der Waals surface area contributed by atoms with Gasteiger partial charge in [-0.05, 0) is 67.0 Å². The SMILES string of the molecule is Cc1ccccc1C1Nc2ccc(C(=O)NCC3CCCO3)cc2C2C=CCC21. The number of anilines is 1. The fraction of sp³-hybridized carbons (Fsp3) is 0.400. The van der Waals surface area contributed by atoms with Crippen LogP contribution in [-0.2, 0) is 4.74 Å². The van der Waals surface area contributed by atoms with Crippen LogP contribution in [0.2, 0.25) is 0 Å². The van der Waals surface area contributed by atoms with Gasteiger partial charge in [0, 0.05) is 30.3 Å². The van der Waals surface area contributed by atoms with E-state index < -0.39 is 0 Å². The number of carbonyl (C=O) groups excluding carboxylic acids is 1. The smallest absolute Gasteiger partial charge is 0.251 e. The van der Waals surface area contributed by atoms with Gasteiger partial charge in [0.25, 0.3) is 5.91 Å². The van der Waals surface area contributed by atoms with Gasteiger partial charge in [0.1, 0.15) is 0 Å². The zero-order chi connectivity index (χ0) is 19.8. The minimum absolute atomic E-state index is 0.0112. The highest BCUT2D eigenvalue weighted by atomic mass is 16.5. The molecule has 2 aliphatic heterocycles. The maximum atomic E-state index is 12.7. The van der Waals surface area contributed by atoms with Crippen LogP contribution in [0.25, 0.3) is 0 Å². The molecule has 4 atom stereocenters. The second-order valence-corrected chi connectivity index (χ2v) is 8.48. The fourth-order valence-electron chi connectivity index (χ4n) is 5.09. The molecule has 2 aromatic carbocycles. The second-order valence-electron chi connectivity index (χ2n) is 8.48. The number of ether oxygens (including phenoxy) is 1. The summed E-state index contributed by atoms with van der Waals surface area (Å²) in [7, 11) is 0. The van der Waals surface area contributed by atoms with Crippen molar-refractivity contribution in [3.63, 3.8) is 0 Å². The monoisotopic (exact) mass is 388 g/mol. The Bertz CT molecular complexity index is 946. The molecule has 29 heavy (non-hydrogen) atoms. The van der Waals surface area contributed by atoms with Gasteiger partial charge >= 0.3 is 0 Å². The zero-order valence-electron chi connectivity index (χ0n) is 16.9. The number of hydrogen-bond donors (Lipinski definition) is 2. The third kappa shape index (κ3) is 3.46. The Hall–Kier alpha value is -2.59. The summed E-state index contributed by atoms with van der Waals surface area (Å²) in [6.45, 7) is 3.59. The summed E-state index contributed by atoms with van der Waals surface area (Å²) in [6.07, 6.45) is 7.96. The minimum atomic E-state index is -0.0112. The molecule has 1 aliphatic carbocycles. The average Bonchev–Trinajstić information content (AvgIpc) is 3.44. The molecule has 2 aromatic rings. The summed E-state index contributed by atoms with van der Waals surface area (Å²) in [4.78, 5) is 12.7. The maximum absolute atomic E-state index is 12.7. The van der Waals surface area contributed by atoms with Gasteiger partial charge in [-0.1, -0.05) is 36.4 Å². The van der Waals surface area contributed by atoms with E-state index in [1.807, 2.05) is 6.07 Å². The molecule has 0 spiro atoms. The lowest BCUT2D eigenvalue weighted by atomic mass is 9.76. The van der Waals surface area contributed by atoms with Crippen molar-refractivity contribution < 1.29 is 9.53 Å². The molecule has 0 aromatic heterocycles. The normalized spacial score (nSPS) is 27.2. The first kappa shape index (κ1) is 18.4. The molecule has 4 nitrogen and oxygen atoms in total. The Labute approximate surface area is 172 Å². The Balaban J connectivity index is 1.39. The number of benzene rings is 2. The number of rotatable bonds is 4. The van der Waals surface area contributed by atoms with Crippen LogP contribution in [0.3, 0.4) is 0 Å². The van der Waals surface area contributed by atoms with Crippen LogP contribution < -0.4 is 10.6 Å². The molecule has 0 radical (unpaired) electrons. The number of hydrogen-bond acceptors (Lipinski definition) is 3. The summed E-state index contributed by atoms with van der Waals surface area (Å²) in [5.41, 5.74) is 5.80. The van der Waals surface area contributed by atoms with Gasteiger partial charge in [0.2, 0.25) is 0 Å². The summed E-state index contributed by atoms with van der Waals surface area (Å²) >= 11 is 0. The Morgan fingerprint density at radius 3 is 2.93 bits per heavy atom.